The predicted molar refractivity (Wildman–Crippen MR) is 131 cm³/mol. The van der Waals surface area contributed by atoms with Gasteiger partial charge in [0.1, 0.15) is 12.1 Å². The summed E-state index contributed by atoms with van der Waals surface area (Å²) in [5.41, 5.74) is -0.987. The minimum absolute atomic E-state index is 0.0878. The minimum atomic E-state index is -4.52. The van der Waals surface area contributed by atoms with Crippen LogP contribution in [-0.2, 0) is 15.7 Å². The van der Waals surface area contributed by atoms with Crippen LogP contribution in [0.1, 0.15) is 46.1 Å². The van der Waals surface area contributed by atoms with Crippen molar-refractivity contribution < 1.29 is 27.5 Å². The Morgan fingerprint density at radius 1 is 1.14 bits per heavy atom. The third kappa shape index (κ3) is 5.68. The standard InChI is InChI=1S/C26H33F3N4O3/c1-17-13-18(33(24(35)36-25(2,3)4)16-22(34)31-11-6-12-31)15-32(14-17)21-9-8-20(26(27,28)29)23-19(21)7-5-10-30-23/h5,7-10,17-18H,6,11-16H2,1-4H3/t17-,18+/m0/s1. The number of hydrogen-bond acceptors (Lipinski definition) is 5. The molecular formula is C26H33F3N4O3. The van der Waals surface area contributed by atoms with Crippen LogP contribution in [0.15, 0.2) is 30.5 Å². The molecule has 4 rings (SSSR count). The van der Waals surface area contributed by atoms with Crippen LogP contribution in [0.5, 0.6) is 0 Å². The molecule has 0 N–H and O–H groups in total. The van der Waals surface area contributed by atoms with Gasteiger partial charge in [0, 0.05) is 43.4 Å². The summed E-state index contributed by atoms with van der Waals surface area (Å²) in [5, 5.41) is 0.403. The molecular weight excluding hydrogens is 473 g/mol. The summed E-state index contributed by atoms with van der Waals surface area (Å²) < 4.78 is 46.5. The molecule has 36 heavy (non-hydrogen) atoms. The number of halogens is 3. The molecule has 7 nitrogen and oxygen atoms in total. The summed E-state index contributed by atoms with van der Waals surface area (Å²) in [4.78, 5) is 35.3. The fourth-order valence-electron chi connectivity index (χ4n) is 4.88. The van der Waals surface area contributed by atoms with Crippen molar-refractivity contribution in [3.63, 3.8) is 0 Å². The maximum atomic E-state index is 13.6. The molecule has 10 heteroatoms. The molecule has 2 atom stereocenters. The SMILES string of the molecule is C[C@H]1C[C@@H](N(CC(=O)N2CCC2)C(=O)OC(C)(C)C)CN(c2ccc(C(F)(F)F)c3ncccc23)C1. The van der Waals surface area contributed by atoms with E-state index in [0.29, 0.717) is 43.7 Å². The van der Waals surface area contributed by atoms with Crippen molar-refractivity contribution >= 4 is 28.6 Å². The molecule has 1 aromatic carbocycles. The van der Waals surface area contributed by atoms with Crippen LogP contribution in [0.2, 0.25) is 0 Å². The smallest absolute Gasteiger partial charge is 0.418 e. The van der Waals surface area contributed by atoms with Crippen molar-refractivity contribution in [2.75, 3.05) is 37.6 Å². The van der Waals surface area contributed by atoms with Crippen LogP contribution >= 0.6 is 0 Å². The number of aromatic nitrogens is 1. The van der Waals surface area contributed by atoms with Crippen molar-refractivity contribution in [3.8, 4) is 0 Å². The fraction of sp³-hybridized carbons (Fsp3) is 0.577. The Labute approximate surface area is 209 Å². The number of likely N-dealkylation sites (tertiary alicyclic amines) is 1. The number of amides is 2. The van der Waals surface area contributed by atoms with Crippen LogP contribution in [0.25, 0.3) is 10.9 Å². The van der Waals surface area contributed by atoms with E-state index in [0.717, 1.165) is 12.5 Å². The molecule has 3 heterocycles. The Morgan fingerprint density at radius 3 is 2.47 bits per heavy atom. The van der Waals surface area contributed by atoms with Gasteiger partial charge >= 0.3 is 12.3 Å². The highest BCUT2D eigenvalue weighted by Crippen LogP contribution is 2.39. The van der Waals surface area contributed by atoms with Crippen molar-refractivity contribution in [1.82, 2.24) is 14.8 Å². The van der Waals surface area contributed by atoms with Gasteiger partial charge in [-0.25, -0.2) is 4.79 Å². The number of piperidine rings is 1. The Balaban J connectivity index is 1.66. The lowest BCUT2D eigenvalue weighted by atomic mass is 9.93. The first-order chi connectivity index (χ1) is 16.8. The summed E-state index contributed by atoms with van der Waals surface area (Å²) in [6, 6.07) is 5.46. The number of pyridine rings is 1. The van der Waals surface area contributed by atoms with E-state index in [2.05, 4.69) is 4.98 Å². The quantitative estimate of drug-likeness (QED) is 0.588. The molecule has 2 fully saturated rings. The highest BCUT2D eigenvalue weighted by atomic mass is 19.4. The number of anilines is 1. The molecule has 0 saturated carbocycles. The van der Waals surface area contributed by atoms with E-state index in [9.17, 15) is 22.8 Å². The first-order valence-electron chi connectivity index (χ1n) is 12.3. The normalized spacial score (nSPS) is 20.8. The predicted octanol–water partition coefficient (Wildman–Crippen LogP) is 4.94. The molecule has 2 aliphatic heterocycles. The van der Waals surface area contributed by atoms with E-state index in [-0.39, 0.29) is 29.9 Å². The number of nitrogens with zero attached hydrogens (tertiary/aromatic N) is 4. The van der Waals surface area contributed by atoms with Gasteiger partial charge in [-0.05, 0) is 63.8 Å². The van der Waals surface area contributed by atoms with E-state index >= 15 is 0 Å². The number of alkyl halides is 3. The summed E-state index contributed by atoms with van der Waals surface area (Å²) in [6.07, 6.45) is -2.13. The second-order valence-electron chi connectivity index (χ2n) is 10.8. The number of rotatable bonds is 4. The summed E-state index contributed by atoms with van der Waals surface area (Å²) in [5.74, 6) is 0.00266. The fourth-order valence-corrected chi connectivity index (χ4v) is 4.88. The van der Waals surface area contributed by atoms with Crippen molar-refractivity contribution in [2.45, 2.75) is 58.4 Å². The first kappa shape index (κ1) is 26.0. The van der Waals surface area contributed by atoms with Gasteiger partial charge in [0.2, 0.25) is 5.91 Å². The lowest BCUT2D eigenvalue weighted by Gasteiger charge is -2.44. The van der Waals surface area contributed by atoms with Crippen molar-refractivity contribution in [2.24, 2.45) is 5.92 Å². The van der Waals surface area contributed by atoms with Gasteiger partial charge in [-0.3, -0.25) is 14.7 Å². The third-order valence-corrected chi connectivity index (χ3v) is 6.61. The van der Waals surface area contributed by atoms with E-state index in [1.165, 1.54) is 17.2 Å². The van der Waals surface area contributed by atoms with E-state index in [1.807, 2.05) is 11.8 Å². The molecule has 2 amide bonds. The molecule has 1 aromatic heterocycles. The number of fused-ring (bicyclic) bond motifs is 1. The zero-order chi connectivity index (χ0) is 26.3. The lowest BCUT2D eigenvalue weighted by molar-refractivity contribution is -0.137. The monoisotopic (exact) mass is 506 g/mol. The largest absolute Gasteiger partial charge is 0.444 e. The van der Waals surface area contributed by atoms with Gasteiger partial charge in [-0.15, -0.1) is 0 Å². The number of ether oxygens (including phenoxy) is 1. The average Bonchev–Trinajstić information content (AvgIpc) is 2.73. The second kappa shape index (κ2) is 9.78. The van der Waals surface area contributed by atoms with Gasteiger partial charge in [-0.2, -0.15) is 13.2 Å². The molecule has 0 unspecified atom stereocenters. The van der Waals surface area contributed by atoms with Gasteiger partial charge in [-0.1, -0.05) is 6.92 Å². The van der Waals surface area contributed by atoms with E-state index < -0.39 is 23.4 Å². The molecule has 0 aliphatic carbocycles. The van der Waals surface area contributed by atoms with Crippen LogP contribution in [0.3, 0.4) is 0 Å². The zero-order valence-electron chi connectivity index (χ0n) is 21.1. The van der Waals surface area contributed by atoms with Crippen LogP contribution in [0.4, 0.5) is 23.7 Å². The molecule has 2 saturated heterocycles. The first-order valence-corrected chi connectivity index (χ1v) is 12.3. The topological polar surface area (TPSA) is 66.0 Å². The Kier molecular flexibility index (Phi) is 7.07. The Hall–Kier alpha value is -3.04. The molecule has 0 radical (unpaired) electrons. The highest BCUT2D eigenvalue weighted by molar-refractivity contribution is 5.94. The zero-order valence-corrected chi connectivity index (χ0v) is 21.1. The summed E-state index contributed by atoms with van der Waals surface area (Å²) in [6.45, 7) is 9.61. The van der Waals surface area contributed by atoms with Crippen LogP contribution in [-0.4, -0.2) is 71.2 Å². The van der Waals surface area contributed by atoms with Crippen molar-refractivity contribution in [1.29, 1.82) is 0 Å². The third-order valence-electron chi connectivity index (χ3n) is 6.61. The maximum absolute atomic E-state index is 13.6. The van der Waals surface area contributed by atoms with E-state index in [4.69, 9.17) is 4.74 Å². The molecule has 0 spiro atoms. The summed E-state index contributed by atoms with van der Waals surface area (Å²) in [7, 11) is 0. The minimum Gasteiger partial charge on any atom is -0.444 e. The highest BCUT2D eigenvalue weighted by Gasteiger charge is 2.38. The molecule has 2 aliphatic rings. The van der Waals surface area contributed by atoms with Crippen LogP contribution in [0, 0.1) is 5.92 Å². The van der Waals surface area contributed by atoms with E-state index in [1.54, 1.807) is 37.8 Å². The Morgan fingerprint density at radius 2 is 1.86 bits per heavy atom. The summed E-state index contributed by atoms with van der Waals surface area (Å²) >= 11 is 0. The lowest BCUT2D eigenvalue weighted by Crippen LogP contribution is -2.57. The maximum Gasteiger partial charge on any atom is 0.418 e. The van der Waals surface area contributed by atoms with Gasteiger partial charge in [0.15, 0.2) is 0 Å². The van der Waals surface area contributed by atoms with Crippen molar-refractivity contribution in [3.05, 3.63) is 36.0 Å². The van der Waals surface area contributed by atoms with Crippen LogP contribution < -0.4 is 4.90 Å². The average molecular weight is 507 g/mol. The van der Waals surface area contributed by atoms with Gasteiger partial charge in [0.25, 0.3) is 0 Å². The molecule has 2 aromatic rings. The Bertz CT molecular complexity index is 1130. The number of carbonyl (C=O) groups is 2. The molecule has 196 valence electrons. The van der Waals surface area contributed by atoms with Gasteiger partial charge < -0.3 is 14.5 Å². The molecule has 0 bridgehead atoms. The number of hydrogen-bond donors (Lipinski definition) is 0. The second-order valence-corrected chi connectivity index (χ2v) is 10.8. The number of benzene rings is 1. The van der Waals surface area contributed by atoms with Gasteiger partial charge in [0.05, 0.1) is 17.1 Å². The number of carbonyl (C=O) groups excluding carboxylic acids is 2.